The van der Waals surface area contributed by atoms with Crippen LogP contribution in [-0.2, 0) is 4.74 Å². The van der Waals surface area contributed by atoms with Gasteiger partial charge in [-0.25, -0.2) is 14.8 Å². The van der Waals surface area contributed by atoms with Gasteiger partial charge in [-0.15, -0.1) is 0 Å². The van der Waals surface area contributed by atoms with E-state index in [9.17, 15) is 4.79 Å². The summed E-state index contributed by atoms with van der Waals surface area (Å²) in [5.74, 6) is -0.405. The molecule has 1 aromatic heterocycles. The van der Waals surface area contributed by atoms with Gasteiger partial charge in [0.05, 0.1) is 6.61 Å². The van der Waals surface area contributed by atoms with Crippen molar-refractivity contribution in [1.29, 1.82) is 0 Å². The summed E-state index contributed by atoms with van der Waals surface area (Å²) < 4.78 is 4.89. The number of esters is 1. The minimum absolute atomic E-state index is 0.0570. The van der Waals surface area contributed by atoms with Gasteiger partial charge in [0.2, 0.25) is 0 Å². The van der Waals surface area contributed by atoms with Gasteiger partial charge in [0.1, 0.15) is 11.4 Å². The van der Waals surface area contributed by atoms with E-state index in [-0.39, 0.29) is 23.2 Å². The largest absolute Gasteiger partial charge is 0.462 e. The van der Waals surface area contributed by atoms with Crippen molar-refractivity contribution >= 4 is 35.1 Å². The monoisotopic (exact) mass is 337 g/mol. The molecule has 1 heterocycles. The Morgan fingerprint density at radius 1 is 1.45 bits per heavy atom. The number of carbonyl (C=O) groups excluding carboxylic acids is 1. The number of rotatable bonds is 5. The number of nitrogen functional groups attached to an aromatic ring is 1. The van der Waals surface area contributed by atoms with Crippen LogP contribution in [0, 0.1) is 0 Å². The summed E-state index contributed by atoms with van der Waals surface area (Å²) in [6.07, 6.45) is 1.39. The van der Waals surface area contributed by atoms with Crippen molar-refractivity contribution in [3.8, 4) is 0 Å². The molecule has 7 heteroatoms. The molecular weight excluding hydrogens is 322 g/mol. The van der Waals surface area contributed by atoms with Crippen molar-refractivity contribution in [2.45, 2.75) is 24.3 Å². The fourth-order valence-electron chi connectivity index (χ4n) is 1.83. The number of anilines is 1. The molecule has 0 radical (unpaired) electrons. The second-order valence-electron chi connectivity index (χ2n) is 4.45. The summed E-state index contributed by atoms with van der Waals surface area (Å²) in [6.45, 7) is 4.01. The van der Waals surface area contributed by atoms with Gasteiger partial charge in [0.25, 0.3) is 0 Å². The van der Waals surface area contributed by atoms with Crippen molar-refractivity contribution in [2.75, 3.05) is 12.3 Å². The molecule has 0 saturated carbocycles. The Hall–Kier alpha value is -1.79. The molecule has 0 bridgehead atoms. The van der Waals surface area contributed by atoms with Gasteiger partial charge in [-0.1, -0.05) is 41.6 Å². The highest BCUT2D eigenvalue weighted by Crippen LogP contribution is 2.36. The zero-order valence-corrected chi connectivity index (χ0v) is 13.8. The number of carbonyl (C=O) groups is 1. The lowest BCUT2D eigenvalue weighted by atomic mass is 10.2. The third-order valence-electron chi connectivity index (χ3n) is 2.92. The second kappa shape index (κ2) is 7.47. The topological polar surface area (TPSA) is 78.1 Å². The summed E-state index contributed by atoms with van der Waals surface area (Å²) >= 11 is 7.60. The maximum Gasteiger partial charge on any atom is 0.343 e. The lowest BCUT2D eigenvalue weighted by Gasteiger charge is -2.12. The summed E-state index contributed by atoms with van der Waals surface area (Å²) in [7, 11) is 0. The zero-order valence-electron chi connectivity index (χ0n) is 12.2. The molecule has 2 rings (SSSR count). The van der Waals surface area contributed by atoms with Crippen LogP contribution in [0.3, 0.4) is 0 Å². The van der Waals surface area contributed by atoms with Crippen LogP contribution in [0.5, 0.6) is 0 Å². The van der Waals surface area contributed by atoms with E-state index in [1.807, 2.05) is 31.2 Å². The quantitative estimate of drug-likeness (QED) is 0.508. The number of hydrogen-bond donors (Lipinski definition) is 1. The maximum absolute atomic E-state index is 11.7. The van der Waals surface area contributed by atoms with Crippen LogP contribution in [0.4, 0.5) is 5.82 Å². The van der Waals surface area contributed by atoms with Gasteiger partial charge < -0.3 is 10.5 Å². The first-order valence-corrected chi connectivity index (χ1v) is 7.99. The predicted molar refractivity (Wildman–Crippen MR) is 88.1 cm³/mol. The average molecular weight is 338 g/mol. The van der Waals surface area contributed by atoms with Crippen molar-refractivity contribution in [2.24, 2.45) is 0 Å². The first kappa shape index (κ1) is 16.6. The molecule has 0 spiro atoms. The number of halogens is 1. The molecule has 1 aromatic carbocycles. The van der Waals surface area contributed by atoms with E-state index in [2.05, 4.69) is 9.97 Å². The molecule has 0 saturated heterocycles. The van der Waals surface area contributed by atoms with Crippen molar-refractivity contribution < 1.29 is 9.53 Å². The third kappa shape index (κ3) is 3.90. The van der Waals surface area contributed by atoms with Crippen LogP contribution in [0.2, 0.25) is 5.02 Å². The SMILES string of the molecule is CCOC(=O)c1cnc(S[C@@H](C)c2ccccc2Cl)nc1N. The van der Waals surface area contributed by atoms with E-state index in [4.69, 9.17) is 22.1 Å². The Kier molecular flexibility index (Phi) is 5.63. The zero-order chi connectivity index (χ0) is 16.1. The molecule has 0 aliphatic rings. The number of nitrogens with two attached hydrogens (primary N) is 1. The minimum Gasteiger partial charge on any atom is -0.462 e. The van der Waals surface area contributed by atoms with Crippen LogP contribution in [0.15, 0.2) is 35.6 Å². The Balaban J connectivity index is 2.16. The highest BCUT2D eigenvalue weighted by molar-refractivity contribution is 7.99. The molecule has 1 atom stereocenters. The van der Waals surface area contributed by atoms with Gasteiger partial charge in [-0.2, -0.15) is 0 Å². The molecule has 0 aliphatic heterocycles. The van der Waals surface area contributed by atoms with Gasteiger partial charge in [-0.05, 0) is 25.5 Å². The van der Waals surface area contributed by atoms with Crippen molar-refractivity contribution in [3.63, 3.8) is 0 Å². The fraction of sp³-hybridized carbons (Fsp3) is 0.267. The lowest BCUT2D eigenvalue weighted by Crippen LogP contribution is -2.10. The van der Waals surface area contributed by atoms with E-state index < -0.39 is 5.97 Å². The molecule has 0 aliphatic carbocycles. The van der Waals surface area contributed by atoms with Crippen LogP contribution in [-0.4, -0.2) is 22.5 Å². The van der Waals surface area contributed by atoms with E-state index >= 15 is 0 Å². The standard InChI is InChI=1S/C15H16ClN3O2S/c1-3-21-14(20)11-8-18-15(19-13(11)17)22-9(2)10-6-4-5-7-12(10)16/h4-9H,3H2,1-2H3,(H2,17,18,19)/t9-/m0/s1. The number of nitrogens with zero attached hydrogens (tertiary/aromatic N) is 2. The van der Waals surface area contributed by atoms with Gasteiger partial charge in [0.15, 0.2) is 5.16 Å². The summed E-state index contributed by atoms with van der Waals surface area (Å²) in [6, 6.07) is 7.60. The normalized spacial score (nSPS) is 12.0. The van der Waals surface area contributed by atoms with Gasteiger partial charge >= 0.3 is 5.97 Å². The number of ether oxygens (including phenoxy) is 1. The van der Waals surface area contributed by atoms with Crippen molar-refractivity contribution in [3.05, 3.63) is 46.6 Å². The first-order chi connectivity index (χ1) is 10.5. The molecule has 22 heavy (non-hydrogen) atoms. The molecule has 2 aromatic rings. The van der Waals surface area contributed by atoms with E-state index in [0.717, 1.165) is 5.56 Å². The van der Waals surface area contributed by atoms with Gasteiger partial charge in [0, 0.05) is 16.5 Å². The number of aromatic nitrogens is 2. The van der Waals surface area contributed by atoms with Crippen LogP contribution < -0.4 is 5.73 Å². The van der Waals surface area contributed by atoms with Crippen LogP contribution in [0.25, 0.3) is 0 Å². The highest BCUT2D eigenvalue weighted by atomic mass is 35.5. The third-order valence-corrected chi connectivity index (χ3v) is 4.28. The maximum atomic E-state index is 11.7. The summed E-state index contributed by atoms with van der Waals surface area (Å²) in [5, 5.41) is 1.23. The average Bonchev–Trinajstić information content (AvgIpc) is 2.47. The Labute approximate surface area is 138 Å². The molecule has 0 amide bonds. The Bertz CT molecular complexity index is 682. The molecule has 116 valence electrons. The fourth-order valence-corrected chi connectivity index (χ4v) is 3.10. The number of benzene rings is 1. The van der Waals surface area contributed by atoms with E-state index in [1.165, 1.54) is 18.0 Å². The summed E-state index contributed by atoms with van der Waals surface area (Å²) in [4.78, 5) is 20.0. The molecular formula is C15H16ClN3O2S. The molecule has 5 nitrogen and oxygen atoms in total. The lowest BCUT2D eigenvalue weighted by molar-refractivity contribution is 0.0526. The number of thioether (sulfide) groups is 1. The molecule has 0 unspecified atom stereocenters. The summed E-state index contributed by atoms with van der Waals surface area (Å²) in [5.41, 5.74) is 6.97. The van der Waals surface area contributed by atoms with Crippen LogP contribution in [0.1, 0.15) is 35.0 Å². The van der Waals surface area contributed by atoms with Crippen molar-refractivity contribution in [1.82, 2.24) is 9.97 Å². The Morgan fingerprint density at radius 3 is 2.82 bits per heavy atom. The number of hydrogen-bond acceptors (Lipinski definition) is 6. The highest BCUT2D eigenvalue weighted by Gasteiger charge is 2.16. The van der Waals surface area contributed by atoms with Gasteiger partial charge in [-0.3, -0.25) is 0 Å². The second-order valence-corrected chi connectivity index (χ2v) is 6.17. The minimum atomic E-state index is -0.518. The van der Waals surface area contributed by atoms with E-state index in [1.54, 1.807) is 6.92 Å². The molecule has 0 fully saturated rings. The Morgan fingerprint density at radius 2 is 2.18 bits per heavy atom. The first-order valence-electron chi connectivity index (χ1n) is 6.73. The molecule has 2 N–H and O–H groups in total. The van der Waals surface area contributed by atoms with E-state index in [0.29, 0.717) is 10.2 Å². The smallest absolute Gasteiger partial charge is 0.343 e. The predicted octanol–water partition coefficient (Wildman–Crippen LogP) is 3.74. The van der Waals surface area contributed by atoms with Crippen LogP contribution >= 0.6 is 23.4 Å².